The molecule has 0 spiro atoms. The molecule has 2 aliphatic heterocycles. The van der Waals surface area contributed by atoms with Gasteiger partial charge in [-0.05, 0) is 55.0 Å². The highest BCUT2D eigenvalue weighted by atomic mass is 35.5. The zero-order valence-electron chi connectivity index (χ0n) is 15.9. The summed E-state index contributed by atoms with van der Waals surface area (Å²) in [6.45, 7) is 4.47. The van der Waals surface area contributed by atoms with Gasteiger partial charge in [0.25, 0.3) is 0 Å². The van der Waals surface area contributed by atoms with Gasteiger partial charge < -0.3 is 9.84 Å². The number of fused-ring (bicyclic) bond motifs is 1. The summed E-state index contributed by atoms with van der Waals surface area (Å²) >= 11 is 6.21. The molecule has 0 radical (unpaired) electrons. The molecule has 0 aromatic heterocycles. The second kappa shape index (κ2) is 8.38. The van der Waals surface area contributed by atoms with E-state index >= 15 is 0 Å². The smallest absolute Gasteiger partial charge is 0.163 e. The fourth-order valence-corrected chi connectivity index (χ4v) is 6.27. The first-order chi connectivity index (χ1) is 12.9. The maximum atomic E-state index is 12.4. The normalized spacial score (nSPS) is 24.5. The molecule has 1 saturated heterocycles. The third kappa shape index (κ3) is 4.41. The fourth-order valence-electron chi connectivity index (χ4n) is 4.05. The van der Waals surface area contributed by atoms with Crippen molar-refractivity contribution in [3.63, 3.8) is 0 Å². The Morgan fingerprint density at radius 1 is 1.37 bits per heavy atom. The lowest BCUT2D eigenvalue weighted by molar-refractivity contribution is 0.117. The Morgan fingerprint density at radius 2 is 2.15 bits per heavy atom. The van der Waals surface area contributed by atoms with Crippen LogP contribution in [0.15, 0.2) is 34.9 Å². The number of rotatable bonds is 7. The third-order valence-corrected chi connectivity index (χ3v) is 7.77. The van der Waals surface area contributed by atoms with Crippen LogP contribution in [0.4, 0.5) is 0 Å². The van der Waals surface area contributed by atoms with Gasteiger partial charge in [0.2, 0.25) is 0 Å². The van der Waals surface area contributed by atoms with Crippen LogP contribution in [0.1, 0.15) is 51.5 Å². The average Bonchev–Trinajstić information content (AvgIpc) is 3.14. The molecule has 148 valence electrons. The van der Waals surface area contributed by atoms with Crippen molar-refractivity contribution in [2.24, 2.45) is 0 Å². The molecule has 1 N–H and O–H groups in total. The van der Waals surface area contributed by atoms with E-state index in [2.05, 4.69) is 19.9 Å². The molecule has 0 bridgehead atoms. The molecule has 1 aromatic rings. The van der Waals surface area contributed by atoms with Crippen molar-refractivity contribution in [3.8, 4) is 5.75 Å². The molecule has 1 fully saturated rings. The van der Waals surface area contributed by atoms with Gasteiger partial charge in [-0.15, -0.1) is 0 Å². The molecule has 4 nitrogen and oxygen atoms in total. The number of hydrogen-bond acceptors (Lipinski definition) is 4. The number of phenolic OH excluding ortho intramolecular Hbond substituents is 1. The first kappa shape index (κ1) is 20.4. The average molecular weight is 411 g/mol. The minimum atomic E-state index is -3.09. The Kier molecular flexibility index (Phi) is 6.34. The van der Waals surface area contributed by atoms with Crippen molar-refractivity contribution in [2.45, 2.75) is 57.3 Å². The summed E-state index contributed by atoms with van der Waals surface area (Å²) in [4.78, 5) is 0. The molecule has 2 heterocycles. The van der Waals surface area contributed by atoms with Crippen molar-refractivity contribution in [3.05, 3.63) is 45.5 Å². The van der Waals surface area contributed by atoms with Crippen LogP contribution in [-0.4, -0.2) is 37.2 Å². The molecule has 1 aromatic carbocycles. The van der Waals surface area contributed by atoms with Crippen LogP contribution in [-0.2, 0) is 14.6 Å². The molecule has 3 rings (SSSR count). The zero-order valence-corrected chi connectivity index (χ0v) is 17.4. The van der Waals surface area contributed by atoms with E-state index in [4.69, 9.17) is 16.3 Å². The molecule has 0 unspecified atom stereocenters. The predicted molar refractivity (Wildman–Crippen MR) is 110 cm³/mol. The topological polar surface area (TPSA) is 63.6 Å². The maximum Gasteiger partial charge on any atom is 0.163 e. The summed E-state index contributed by atoms with van der Waals surface area (Å²) in [7, 11) is -3.09. The molecular formula is C21H27ClO4S. The van der Waals surface area contributed by atoms with Gasteiger partial charge in [0, 0.05) is 0 Å². The van der Waals surface area contributed by atoms with Crippen LogP contribution in [0.5, 0.6) is 5.75 Å². The summed E-state index contributed by atoms with van der Waals surface area (Å²) in [6, 6.07) is 4.97. The van der Waals surface area contributed by atoms with Crippen LogP contribution in [0.25, 0.3) is 6.08 Å². The lowest BCUT2D eigenvalue weighted by Crippen LogP contribution is -2.19. The molecule has 2 atom stereocenters. The van der Waals surface area contributed by atoms with E-state index in [1.807, 2.05) is 0 Å². The van der Waals surface area contributed by atoms with Gasteiger partial charge in [0.15, 0.2) is 9.84 Å². The quantitative estimate of drug-likeness (QED) is 0.648. The largest absolute Gasteiger partial charge is 0.508 e. The van der Waals surface area contributed by atoms with E-state index < -0.39 is 15.1 Å². The van der Waals surface area contributed by atoms with Crippen molar-refractivity contribution in [1.29, 1.82) is 0 Å². The molecule has 0 saturated carbocycles. The van der Waals surface area contributed by atoms with Crippen LogP contribution in [0.2, 0.25) is 5.02 Å². The first-order valence-electron chi connectivity index (χ1n) is 9.58. The second-order valence-corrected chi connectivity index (χ2v) is 9.92. The van der Waals surface area contributed by atoms with Gasteiger partial charge in [0.1, 0.15) is 11.0 Å². The Hall–Kier alpha value is -1.30. The van der Waals surface area contributed by atoms with Crippen LogP contribution in [0, 0.1) is 0 Å². The van der Waals surface area contributed by atoms with E-state index in [0.29, 0.717) is 11.6 Å². The standard InChI is InChI=1S/C21H27ClO4S/c1-3-5-16-13-27(24,25)20-12-26-19(21(16)20)9-6-14(4-2)10-15-7-8-17(23)11-18(15)22/h7-8,10-11,19-20,23H,3-6,9,12-13H2,1-2H3/b14-10+/t19-,20+/m1/s1. The Labute approximate surface area is 166 Å². The predicted octanol–water partition coefficient (Wildman–Crippen LogP) is 4.91. The highest BCUT2D eigenvalue weighted by Gasteiger charge is 2.46. The maximum absolute atomic E-state index is 12.4. The summed E-state index contributed by atoms with van der Waals surface area (Å²) in [6.07, 6.45) is 6.24. The number of benzene rings is 1. The SMILES string of the molecule is CCCC1=C2[C@@H](CC/C(=C/c3ccc(O)cc3Cl)CC)OC[C@@H]2S(=O)(=O)C1. The van der Waals surface area contributed by atoms with Crippen molar-refractivity contribution < 1.29 is 18.3 Å². The first-order valence-corrected chi connectivity index (χ1v) is 11.7. The highest BCUT2D eigenvalue weighted by Crippen LogP contribution is 2.40. The van der Waals surface area contributed by atoms with Crippen molar-refractivity contribution in [2.75, 3.05) is 12.4 Å². The van der Waals surface area contributed by atoms with E-state index in [1.54, 1.807) is 12.1 Å². The minimum Gasteiger partial charge on any atom is -0.508 e. The van der Waals surface area contributed by atoms with Crippen LogP contribution >= 0.6 is 11.6 Å². The number of allylic oxidation sites excluding steroid dienone is 1. The van der Waals surface area contributed by atoms with Gasteiger partial charge in [0.05, 0.1) is 23.5 Å². The van der Waals surface area contributed by atoms with Gasteiger partial charge in [-0.1, -0.05) is 49.1 Å². The number of sulfone groups is 1. The van der Waals surface area contributed by atoms with Crippen molar-refractivity contribution >= 4 is 27.5 Å². The molecule has 0 amide bonds. The van der Waals surface area contributed by atoms with Crippen LogP contribution in [0.3, 0.4) is 0 Å². The zero-order chi connectivity index (χ0) is 19.6. The van der Waals surface area contributed by atoms with Gasteiger partial charge in [-0.25, -0.2) is 8.42 Å². The number of hydrogen-bond donors (Lipinski definition) is 1. The molecular weight excluding hydrogens is 384 g/mol. The molecule has 0 aliphatic carbocycles. The van der Waals surface area contributed by atoms with E-state index in [-0.39, 0.29) is 17.6 Å². The summed E-state index contributed by atoms with van der Waals surface area (Å²) < 4.78 is 30.7. The Morgan fingerprint density at radius 3 is 2.81 bits per heavy atom. The van der Waals surface area contributed by atoms with E-state index in [9.17, 15) is 13.5 Å². The molecule has 6 heteroatoms. The fraction of sp³-hybridized carbons (Fsp3) is 0.524. The number of ether oxygens (including phenoxy) is 1. The molecule has 27 heavy (non-hydrogen) atoms. The van der Waals surface area contributed by atoms with Gasteiger partial charge >= 0.3 is 0 Å². The summed E-state index contributed by atoms with van der Waals surface area (Å²) in [5, 5.41) is 9.59. The van der Waals surface area contributed by atoms with Gasteiger partial charge in [-0.2, -0.15) is 0 Å². The summed E-state index contributed by atoms with van der Waals surface area (Å²) in [5.74, 6) is 0.360. The van der Waals surface area contributed by atoms with Gasteiger partial charge in [-0.3, -0.25) is 0 Å². The number of phenols is 1. The Balaban J connectivity index is 1.75. The van der Waals surface area contributed by atoms with Crippen LogP contribution < -0.4 is 0 Å². The highest BCUT2D eigenvalue weighted by molar-refractivity contribution is 7.92. The monoisotopic (exact) mass is 410 g/mol. The number of aromatic hydroxyl groups is 1. The second-order valence-electron chi connectivity index (χ2n) is 7.33. The summed E-state index contributed by atoms with van der Waals surface area (Å²) in [5.41, 5.74) is 4.22. The van der Waals surface area contributed by atoms with E-state index in [0.717, 1.165) is 48.8 Å². The molecule has 2 aliphatic rings. The lowest BCUT2D eigenvalue weighted by atomic mass is 9.94. The van der Waals surface area contributed by atoms with Crippen molar-refractivity contribution in [1.82, 2.24) is 0 Å². The lowest BCUT2D eigenvalue weighted by Gasteiger charge is -2.15. The minimum absolute atomic E-state index is 0.0981. The Bertz CT molecular complexity index is 870. The van der Waals surface area contributed by atoms with E-state index in [1.165, 1.54) is 11.6 Å². The number of halogens is 1. The third-order valence-electron chi connectivity index (χ3n) is 5.44.